The topological polar surface area (TPSA) is 86.5 Å². The molecule has 0 radical (unpaired) electrons. The summed E-state index contributed by atoms with van der Waals surface area (Å²) in [5, 5.41) is 4.80. The number of methoxy groups -OCH3 is 1. The zero-order valence-electron chi connectivity index (χ0n) is 12.2. The van der Waals surface area contributed by atoms with Gasteiger partial charge in [-0.25, -0.2) is 4.98 Å². The van der Waals surface area contributed by atoms with Gasteiger partial charge in [0.05, 0.1) is 17.8 Å². The second-order valence-corrected chi connectivity index (χ2v) is 5.30. The van der Waals surface area contributed by atoms with Crippen LogP contribution in [0, 0.1) is 0 Å². The minimum absolute atomic E-state index is 0.0722. The van der Waals surface area contributed by atoms with Crippen LogP contribution >= 0.6 is 11.3 Å². The standard InChI is InChI=1S/C14H15F2N3O3S/c1-21-8-2-3-11(22-14(15)16)9(6-8)19-13(20)10-7-23-12(18-10)4-5-17/h2-3,6-7,14H,4-5,17H2,1H3,(H,19,20). The van der Waals surface area contributed by atoms with Crippen LogP contribution in [0.2, 0.25) is 0 Å². The van der Waals surface area contributed by atoms with Crippen LogP contribution in [0.4, 0.5) is 14.5 Å². The van der Waals surface area contributed by atoms with E-state index in [2.05, 4.69) is 15.0 Å². The Kier molecular flexibility index (Phi) is 5.83. The number of anilines is 1. The number of carbonyl (C=O) groups is 1. The fourth-order valence-corrected chi connectivity index (χ4v) is 2.57. The molecule has 6 nitrogen and oxygen atoms in total. The molecule has 2 aromatic rings. The molecule has 1 aromatic heterocycles. The van der Waals surface area contributed by atoms with Gasteiger partial charge in [0, 0.05) is 17.9 Å². The van der Waals surface area contributed by atoms with E-state index in [-0.39, 0.29) is 17.1 Å². The van der Waals surface area contributed by atoms with Gasteiger partial charge in [-0.3, -0.25) is 4.79 Å². The van der Waals surface area contributed by atoms with E-state index in [1.807, 2.05) is 0 Å². The lowest BCUT2D eigenvalue weighted by Gasteiger charge is -2.12. The summed E-state index contributed by atoms with van der Waals surface area (Å²) in [6, 6.07) is 4.14. The highest BCUT2D eigenvalue weighted by atomic mass is 32.1. The normalized spacial score (nSPS) is 10.7. The highest BCUT2D eigenvalue weighted by Gasteiger charge is 2.16. The number of halogens is 2. The highest BCUT2D eigenvalue weighted by molar-refractivity contribution is 7.09. The number of ether oxygens (including phenoxy) is 2. The molecule has 2 rings (SSSR count). The maximum Gasteiger partial charge on any atom is 0.387 e. The first-order valence-corrected chi connectivity index (χ1v) is 7.50. The Morgan fingerprint density at radius 2 is 2.26 bits per heavy atom. The van der Waals surface area contributed by atoms with E-state index in [0.717, 1.165) is 5.01 Å². The molecule has 0 saturated heterocycles. The Labute approximate surface area is 135 Å². The molecule has 3 N–H and O–H groups in total. The maximum absolute atomic E-state index is 12.4. The van der Waals surface area contributed by atoms with Gasteiger partial charge in [0.2, 0.25) is 0 Å². The van der Waals surface area contributed by atoms with Gasteiger partial charge in [0.1, 0.15) is 17.2 Å². The molecule has 9 heteroatoms. The molecule has 0 aliphatic heterocycles. The van der Waals surface area contributed by atoms with Crippen LogP contribution in [-0.4, -0.2) is 31.2 Å². The minimum Gasteiger partial charge on any atom is -0.497 e. The number of benzene rings is 1. The Morgan fingerprint density at radius 1 is 1.48 bits per heavy atom. The average molecular weight is 343 g/mol. The van der Waals surface area contributed by atoms with Crippen LogP contribution in [0.1, 0.15) is 15.5 Å². The van der Waals surface area contributed by atoms with Crippen molar-refractivity contribution in [3.05, 3.63) is 34.3 Å². The largest absolute Gasteiger partial charge is 0.497 e. The quantitative estimate of drug-likeness (QED) is 0.807. The number of nitrogens with one attached hydrogen (secondary N) is 1. The number of hydrogen-bond acceptors (Lipinski definition) is 6. The van der Waals surface area contributed by atoms with E-state index < -0.39 is 12.5 Å². The van der Waals surface area contributed by atoms with Gasteiger partial charge < -0.3 is 20.5 Å². The smallest absolute Gasteiger partial charge is 0.387 e. The van der Waals surface area contributed by atoms with Crippen molar-refractivity contribution < 1.29 is 23.0 Å². The maximum atomic E-state index is 12.4. The number of thiazole rings is 1. The van der Waals surface area contributed by atoms with Crippen molar-refractivity contribution in [2.75, 3.05) is 19.0 Å². The van der Waals surface area contributed by atoms with Crippen LogP contribution in [0.5, 0.6) is 11.5 Å². The van der Waals surface area contributed by atoms with Gasteiger partial charge in [0.15, 0.2) is 0 Å². The number of amides is 1. The summed E-state index contributed by atoms with van der Waals surface area (Å²) in [4.78, 5) is 16.3. The lowest BCUT2D eigenvalue weighted by atomic mass is 10.2. The molecule has 0 bridgehead atoms. The highest BCUT2D eigenvalue weighted by Crippen LogP contribution is 2.31. The number of carbonyl (C=O) groups excluding carboxylic acids is 1. The van der Waals surface area contributed by atoms with E-state index in [1.54, 1.807) is 5.38 Å². The number of hydrogen-bond donors (Lipinski definition) is 2. The molecule has 0 unspecified atom stereocenters. The van der Waals surface area contributed by atoms with E-state index >= 15 is 0 Å². The van der Waals surface area contributed by atoms with Crippen molar-refractivity contribution in [2.24, 2.45) is 5.73 Å². The summed E-state index contributed by atoms with van der Waals surface area (Å²) in [5.41, 5.74) is 5.69. The van der Waals surface area contributed by atoms with Crippen molar-refractivity contribution in [1.82, 2.24) is 4.98 Å². The van der Waals surface area contributed by atoms with Gasteiger partial charge in [-0.1, -0.05) is 0 Å². The zero-order chi connectivity index (χ0) is 16.8. The van der Waals surface area contributed by atoms with Crippen LogP contribution in [0.3, 0.4) is 0 Å². The van der Waals surface area contributed by atoms with Crippen LogP contribution in [0.25, 0.3) is 0 Å². The lowest BCUT2D eigenvalue weighted by Crippen LogP contribution is -2.14. The first-order chi connectivity index (χ1) is 11.0. The monoisotopic (exact) mass is 343 g/mol. The number of rotatable bonds is 7. The summed E-state index contributed by atoms with van der Waals surface area (Å²) >= 11 is 1.31. The fraction of sp³-hybridized carbons (Fsp3) is 0.286. The molecular weight excluding hydrogens is 328 g/mol. The first kappa shape index (κ1) is 17.1. The van der Waals surface area contributed by atoms with Gasteiger partial charge in [-0.15, -0.1) is 11.3 Å². The molecule has 0 spiro atoms. The third-order valence-corrected chi connectivity index (χ3v) is 3.70. The Balaban J connectivity index is 2.20. The van der Waals surface area contributed by atoms with Crippen molar-refractivity contribution in [3.63, 3.8) is 0 Å². The zero-order valence-corrected chi connectivity index (χ0v) is 13.0. The molecule has 0 atom stereocenters. The van der Waals surface area contributed by atoms with Crippen molar-refractivity contribution in [1.29, 1.82) is 0 Å². The number of nitrogens with two attached hydrogens (primary N) is 1. The second-order valence-electron chi connectivity index (χ2n) is 4.36. The SMILES string of the molecule is COc1ccc(OC(F)F)c(NC(=O)c2csc(CCN)n2)c1. The number of nitrogens with zero attached hydrogens (tertiary/aromatic N) is 1. The molecule has 0 fully saturated rings. The minimum atomic E-state index is -3.01. The van der Waals surface area contributed by atoms with Gasteiger partial charge in [0.25, 0.3) is 5.91 Å². The third-order valence-electron chi connectivity index (χ3n) is 2.79. The predicted molar refractivity (Wildman–Crippen MR) is 82.5 cm³/mol. The summed E-state index contributed by atoms with van der Waals surface area (Å²) in [5.74, 6) is -0.299. The van der Waals surface area contributed by atoms with E-state index in [0.29, 0.717) is 18.7 Å². The molecule has 23 heavy (non-hydrogen) atoms. The van der Waals surface area contributed by atoms with E-state index in [1.165, 1.54) is 36.6 Å². The molecule has 0 saturated carbocycles. The third kappa shape index (κ3) is 4.60. The predicted octanol–water partition coefficient (Wildman–Crippen LogP) is 2.51. The molecule has 1 amide bonds. The van der Waals surface area contributed by atoms with Gasteiger partial charge in [-0.05, 0) is 18.7 Å². The Bertz CT molecular complexity index is 679. The summed E-state index contributed by atoms with van der Waals surface area (Å²) in [6.45, 7) is -2.58. The molecule has 124 valence electrons. The number of aromatic nitrogens is 1. The fourth-order valence-electron chi connectivity index (χ4n) is 1.77. The summed E-state index contributed by atoms with van der Waals surface area (Å²) < 4.78 is 34.3. The molecule has 0 aliphatic rings. The molecule has 0 aliphatic carbocycles. The van der Waals surface area contributed by atoms with Gasteiger partial charge in [-0.2, -0.15) is 8.78 Å². The Morgan fingerprint density at radius 3 is 2.91 bits per heavy atom. The van der Waals surface area contributed by atoms with Crippen molar-refractivity contribution >= 4 is 22.9 Å². The van der Waals surface area contributed by atoms with E-state index in [9.17, 15) is 13.6 Å². The average Bonchev–Trinajstić information content (AvgIpc) is 2.97. The van der Waals surface area contributed by atoms with Crippen molar-refractivity contribution in [2.45, 2.75) is 13.0 Å². The van der Waals surface area contributed by atoms with E-state index in [4.69, 9.17) is 10.5 Å². The summed E-state index contributed by atoms with van der Waals surface area (Å²) in [7, 11) is 1.42. The lowest BCUT2D eigenvalue weighted by molar-refractivity contribution is -0.0494. The first-order valence-electron chi connectivity index (χ1n) is 6.62. The van der Waals surface area contributed by atoms with Crippen LogP contribution in [0.15, 0.2) is 23.6 Å². The number of alkyl halides is 2. The second kappa shape index (κ2) is 7.84. The van der Waals surface area contributed by atoms with Gasteiger partial charge >= 0.3 is 6.61 Å². The summed E-state index contributed by atoms with van der Waals surface area (Å²) in [6.07, 6.45) is 0.566. The Hall–Kier alpha value is -2.26. The van der Waals surface area contributed by atoms with Crippen LogP contribution < -0.4 is 20.5 Å². The van der Waals surface area contributed by atoms with Crippen LogP contribution in [-0.2, 0) is 6.42 Å². The molecule has 1 heterocycles. The van der Waals surface area contributed by atoms with Crippen molar-refractivity contribution in [3.8, 4) is 11.5 Å². The molecular formula is C14H15F2N3O3S. The molecule has 1 aromatic carbocycles.